The topological polar surface area (TPSA) is 63.4 Å². The summed E-state index contributed by atoms with van der Waals surface area (Å²) in [5, 5.41) is 0. The minimum atomic E-state index is -0.838. The van der Waals surface area contributed by atoms with Gasteiger partial charge in [0.2, 0.25) is 0 Å². The molecule has 1 saturated heterocycles. The summed E-state index contributed by atoms with van der Waals surface area (Å²) in [6.45, 7) is 6.90. The molecule has 0 spiro atoms. The first-order valence-electron chi connectivity index (χ1n) is 5.54. The van der Waals surface area contributed by atoms with Crippen LogP contribution in [0.4, 0.5) is 0 Å². The highest BCUT2D eigenvalue weighted by Crippen LogP contribution is 2.26. The van der Waals surface area contributed by atoms with Gasteiger partial charge in [-0.3, -0.25) is 9.59 Å². The van der Waals surface area contributed by atoms with Crippen LogP contribution in [0.3, 0.4) is 0 Å². The highest BCUT2D eigenvalue weighted by Gasteiger charge is 2.33. The summed E-state index contributed by atoms with van der Waals surface area (Å²) in [4.78, 5) is 24.2. The Bertz CT molecular complexity index is 263. The molecule has 0 bridgehead atoms. The van der Waals surface area contributed by atoms with E-state index in [9.17, 15) is 9.59 Å². The maximum Gasteiger partial charge on any atom is 0.311 e. The molecule has 1 aliphatic rings. The van der Waals surface area contributed by atoms with Crippen LogP contribution in [0.15, 0.2) is 0 Å². The third-order valence-electron chi connectivity index (χ3n) is 3.11. The number of rotatable bonds is 1. The van der Waals surface area contributed by atoms with Crippen LogP contribution in [-0.4, -0.2) is 29.3 Å². The molecule has 1 heterocycles. The SMILES string of the molecule is CC(C)[C@H]1CC[C@H](C)CN1C(=O)C(N)=O. The van der Waals surface area contributed by atoms with Crippen LogP contribution in [0.2, 0.25) is 0 Å². The molecule has 0 aromatic heterocycles. The molecule has 0 aliphatic carbocycles. The van der Waals surface area contributed by atoms with E-state index in [0.29, 0.717) is 18.4 Å². The number of hydrogen-bond acceptors (Lipinski definition) is 2. The molecular weight excluding hydrogens is 192 g/mol. The number of nitrogens with two attached hydrogens (primary N) is 1. The van der Waals surface area contributed by atoms with Crippen molar-refractivity contribution in [1.82, 2.24) is 4.90 Å². The van der Waals surface area contributed by atoms with Crippen LogP contribution in [0, 0.1) is 11.8 Å². The summed E-state index contributed by atoms with van der Waals surface area (Å²) in [6, 6.07) is 0.168. The number of nitrogens with zero attached hydrogens (tertiary/aromatic N) is 1. The molecule has 4 heteroatoms. The minimum absolute atomic E-state index is 0.168. The van der Waals surface area contributed by atoms with Crippen LogP contribution in [0.25, 0.3) is 0 Å². The van der Waals surface area contributed by atoms with Gasteiger partial charge in [-0.05, 0) is 24.7 Å². The van der Waals surface area contributed by atoms with Gasteiger partial charge in [-0.15, -0.1) is 0 Å². The number of piperidine rings is 1. The molecule has 4 nitrogen and oxygen atoms in total. The monoisotopic (exact) mass is 212 g/mol. The summed E-state index contributed by atoms with van der Waals surface area (Å²) >= 11 is 0. The molecule has 0 saturated carbocycles. The van der Waals surface area contributed by atoms with E-state index >= 15 is 0 Å². The number of carbonyl (C=O) groups is 2. The molecule has 1 aliphatic heterocycles. The third-order valence-corrected chi connectivity index (χ3v) is 3.11. The molecule has 15 heavy (non-hydrogen) atoms. The molecular formula is C11H20N2O2. The first-order valence-corrected chi connectivity index (χ1v) is 5.54. The number of primary amides is 1. The Kier molecular flexibility index (Phi) is 3.72. The second-order valence-electron chi connectivity index (χ2n) is 4.82. The van der Waals surface area contributed by atoms with Gasteiger partial charge in [-0.25, -0.2) is 0 Å². The van der Waals surface area contributed by atoms with Crippen molar-refractivity contribution in [2.75, 3.05) is 6.54 Å². The van der Waals surface area contributed by atoms with Crippen molar-refractivity contribution in [2.24, 2.45) is 17.6 Å². The van der Waals surface area contributed by atoms with E-state index in [1.807, 2.05) is 0 Å². The molecule has 0 unspecified atom stereocenters. The average Bonchev–Trinajstić information content (AvgIpc) is 2.15. The summed E-state index contributed by atoms with van der Waals surface area (Å²) in [5.41, 5.74) is 5.04. The van der Waals surface area contributed by atoms with Gasteiger partial charge in [0.15, 0.2) is 0 Å². The van der Waals surface area contributed by atoms with Crippen LogP contribution >= 0.6 is 0 Å². The second-order valence-corrected chi connectivity index (χ2v) is 4.82. The lowest BCUT2D eigenvalue weighted by Crippen LogP contribution is -2.52. The lowest BCUT2D eigenvalue weighted by Gasteiger charge is -2.40. The predicted molar refractivity (Wildman–Crippen MR) is 57.9 cm³/mol. The van der Waals surface area contributed by atoms with Gasteiger partial charge in [0.05, 0.1) is 0 Å². The summed E-state index contributed by atoms with van der Waals surface area (Å²) in [5.74, 6) is -0.529. The van der Waals surface area contributed by atoms with E-state index in [0.717, 1.165) is 12.8 Å². The Hall–Kier alpha value is -1.06. The van der Waals surface area contributed by atoms with Crippen LogP contribution in [-0.2, 0) is 9.59 Å². The van der Waals surface area contributed by atoms with E-state index in [2.05, 4.69) is 20.8 Å². The smallest absolute Gasteiger partial charge is 0.311 e. The summed E-state index contributed by atoms with van der Waals surface area (Å²) in [6.07, 6.45) is 2.09. The zero-order chi connectivity index (χ0) is 11.6. The lowest BCUT2D eigenvalue weighted by molar-refractivity contribution is -0.148. The third kappa shape index (κ3) is 2.70. The maximum absolute atomic E-state index is 11.6. The summed E-state index contributed by atoms with van der Waals surface area (Å²) < 4.78 is 0. The zero-order valence-electron chi connectivity index (χ0n) is 9.69. The van der Waals surface area contributed by atoms with Gasteiger partial charge < -0.3 is 10.6 Å². The van der Waals surface area contributed by atoms with Gasteiger partial charge in [-0.1, -0.05) is 20.8 Å². The van der Waals surface area contributed by atoms with E-state index in [-0.39, 0.29) is 6.04 Å². The van der Waals surface area contributed by atoms with Gasteiger partial charge >= 0.3 is 11.8 Å². The van der Waals surface area contributed by atoms with Gasteiger partial charge in [0.25, 0.3) is 0 Å². The normalized spacial score (nSPS) is 26.8. The molecule has 0 aromatic rings. The summed E-state index contributed by atoms with van der Waals surface area (Å²) in [7, 11) is 0. The first kappa shape index (κ1) is 12.0. The lowest BCUT2D eigenvalue weighted by atomic mass is 9.88. The Balaban J connectivity index is 2.79. The number of carbonyl (C=O) groups excluding carboxylic acids is 2. The van der Waals surface area contributed by atoms with Crippen molar-refractivity contribution in [2.45, 2.75) is 39.7 Å². The molecule has 0 radical (unpaired) electrons. The minimum Gasteiger partial charge on any atom is -0.361 e. The Morgan fingerprint density at radius 2 is 1.93 bits per heavy atom. The largest absolute Gasteiger partial charge is 0.361 e. The highest BCUT2D eigenvalue weighted by molar-refractivity contribution is 6.34. The fourth-order valence-corrected chi connectivity index (χ4v) is 2.24. The van der Waals surface area contributed by atoms with Crippen LogP contribution < -0.4 is 5.73 Å². The molecule has 1 rings (SSSR count). The average molecular weight is 212 g/mol. The first-order chi connectivity index (χ1) is 6.93. The van der Waals surface area contributed by atoms with E-state index in [1.54, 1.807) is 4.90 Å². The number of hydrogen-bond donors (Lipinski definition) is 1. The molecule has 2 atom stereocenters. The Labute approximate surface area is 90.8 Å². The zero-order valence-corrected chi connectivity index (χ0v) is 9.69. The number of amides is 2. The maximum atomic E-state index is 11.6. The molecule has 2 amide bonds. The fourth-order valence-electron chi connectivity index (χ4n) is 2.24. The quantitative estimate of drug-likeness (QED) is 0.652. The Morgan fingerprint density at radius 3 is 2.40 bits per heavy atom. The highest BCUT2D eigenvalue weighted by atomic mass is 16.2. The van der Waals surface area contributed by atoms with Crippen molar-refractivity contribution < 1.29 is 9.59 Å². The van der Waals surface area contributed by atoms with Crippen molar-refractivity contribution >= 4 is 11.8 Å². The van der Waals surface area contributed by atoms with Crippen molar-refractivity contribution in [1.29, 1.82) is 0 Å². The van der Waals surface area contributed by atoms with Gasteiger partial charge in [0.1, 0.15) is 0 Å². The second kappa shape index (κ2) is 4.64. The van der Waals surface area contributed by atoms with Crippen molar-refractivity contribution in [3.05, 3.63) is 0 Å². The van der Waals surface area contributed by atoms with Crippen LogP contribution in [0.1, 0.15) is 33.6 Å². The molecule has 0 aromatic carbocycles. The fraction of sp³-hybridized carbons (Fsp3) is 0.818. The van der Waals surface area contributed by atoms with Crippen LogP contribution in [0.5, 0.6) is 0 Å². The van der Waals surface area contributed by atoms with Crippen molar-refractivity contribution in [3.8, 4) is 0 Å². The standard InChI is InChI=1S/C11H20N2O2/c1-7(2)9-5-4-8(3)6-13(9)11(15)10(12)14/h7-9H,4-6H2,1-3H3,(H2,12,14)/t8-,9+/m0/s1. The van der Waals surface area contributed by atoms with Gasteiger partial charge in [-0.2, -0.15) is 0 Å². The molecule has 86 valence electrons. The predicted octanol–water partition coefficient (Wildman–Crippen LogP) is 0.755. The Morgan fingerprint density at radius 1 is 1.33 bits per heavy atom. The van der Waals surface area contributed by atoms with E-state index in [1.165, 1.54) is 0 Å². The van der Waals surface area contributed by atoms with Gasteiger partial charge in [0, 0.05) is 12.6 Å². The molecule has 2 N–H and O–H groups in total. The van der Waals surface area contributed by atoms with E-state index in [4.69, 9.17) is 5.73 Å². The number of likely N-dealkylation sites (tertiary alicyclic amines) is 1. The molecule has 1 fully saturated rings. The van der Waals surface area contributed by atoms with E-state index < -0.39 is 11.8 Å². The van der Waals surface area contributed by atoms with Crippen molar-refractivity contribution in [3.63, 3.8) is 0 Å².